The molecule has 0 unspecified atom stereocenters. The first-order valence-electron chi connectivity index (χ1n) is 2.14. The van der Waals surface area contributed by atoms with E-state index in [1.165, 1.54) is 0 Å². The summed E-state index contributed by atoms with van der Waals surface area (Å²) in [6.07, 6.45) is 0. The van der Waals surface area contributed by atoms with Gasteiger partial charge in [0, 0.05) is 0 Å². The van der Waals surface area contributed by atoms with Crippen LogP contribution < -0.4 is 0 Å². The van der Waals surface area contributed by atoms with E-state index in [0.29, 0.717) is 0 Å². The second-order valence-electron chi connectivity index (χ2n) is 2.04. The topological polar surface area (TPSA) is 80.9 Å². The van der Waals surface area contributed by atoms with E-state index in [1.807, 2.05) is 0 Å². The van der Waals surface area contributed by atoms with Gasteiger partial charge in [0.1, 0.15) is 0 Å². The third kappa shape index (κ3) is 2.03. The van der Waals surface area contributed by atoms with Crippen molar-refractivity contribution in [3.05, 3.63) is 0 Å². The first kappa shape index (κ1) is 8.27. The van der Waals surface area contributed by atoms with Gasteiger partial charge in [-0.25, -0.2) is 0 Å². The number of rotatable bonds is 1. The lowest BCUT2D eigenvalue weighted by atomic mass is 11.9. The molecule has 8 heavy (non-hydrogen) atoms. The van der Waals surface area contributed by atoms with E-state index in [-0.39, 0.29) is 0 Å². The van der Waals surface area contributed by atoms with Crippen molar-refractivity contribution in [1.29, 1.82) is 0 Å². The van der Waals surface area contributed by atoms with Gasteiger partial charge in [-0.1, -0.05) is 0 Å². The average molecular weight is 154 g/mol. The summed E-state index contributed by atoms with van der Waals surface area (Å²) >= 11 is 0. The Bertz CT molecular complexity index is 67.0. The molecule has 0 fully saturated rings. The van der Waals surface area contributed by atoms with Gasteiger partial charge < -0.3 is 19.2 Å². The van der Waals surface area contributed by atoms with E-state index < -0.39 is 16.2 Å². The van der Waals surface area contributed by atoms with Crippen LogP contribution in [0.15, 0.2) is 0 Å². The maximum absolute atomic E-state index is 8.61. The van der Waals surface area contributed by atoms with Crippen LogP contribution in [0.2, 0.25) is 13.1 Å². The quantitative estimate of drug-likeness (QED) is 0.335. The Kier molecular flexibility index (Phi) is 1.97. The van der Waals surface area contributed by atoms with Gasteiger partial charge in [0.2, 0.25) is 0 Å². The lowest BCUT2D eigenvalue weighted by Crippen LogP contribution is -2.60. The minimum atomic E-state index is -3.61. The van der Waals surface area contributed by atoms with Gasteiger partial charge >= 0.3 is 16.2 Å². The highest BCUT2D eigenvalue weighted by atomic mass is 29.3. The van der Waals surface area contributed by atoms with Gasteiger partial charge in [0.15, 0.2) is 0 Å². The minimum Gasteiger partial charge on any atom is -0.410 e. The second kappa shape index (κ2) is 1.90. The summed E-state index contributed by atoms with van der Waals surface area (Å²) in [6.45, 7) is 2.17. The van der Waals surface area contributed by atoms with Crippen LogP contribution in [0.25, 0.3) is 0 Å². The Morgan fingerprint density at radius 1 is 0.750 bits per heavy atom. The molecule has 0 aliphatic heterocycles. The highest BCUT2D eigenvalue weighted by molar-refractivity contribution is 7.28. The molecule has 0 atom stereocenters. The Hall–Kier alpha value is 0.274. The van der Waals surface area contributed by atoms with Crippen LogP contribution in [-0.2, 0) is 0 Å². The van der Waals surface area contributed by atoms with Gasteiger partial charge in [0.05, 0.1) is 0 Å². The summed E-state index contributed by atoms with van der Waals surface area (Å²) in [7, 11) is -7.22. The third-order valence-electron chi connectivity index (χ3n) is 0.897. The van der Waals surface area contributed by atoms with E-state index >= 15 is 0 Å². The molecule has 50 valence electrons. The van der Waals surface area contributed by atoms with E-state index in [9.17, 15) is 0 Å². The van der Waals surface area contributed by atoms with Crippen molar-refractivity contribution in [2.75, 3.05) is 0 Å². The van der Waals surface area contributed by atoms with Crippen LogP contribution in [0.3, 0.4) is 0 Å². The van der Waals surface area contributed by atoms with Crippen LogP contribution in [0, 0.1) is 0 Å². The first-order valence-corrected chi connectivity index (χ1v) is 7.93. The van der Waals surface area contributed by atoms with E-state index in [0.717, 1.165) is 13.1 Å². The fourth-order valence-electron chi connectivity index (χ4n) is 0. The molecular formula is C2H10O4Si2. The monoisotopic (exact) mass is 154 g/mol. The van der Waals surface area contributed by atoms with Gasteiger partial charge in [-0.3, -0.25) is 0 Å². The Labute approximate surface area is 49.3 Å². The number of hydrogen-bond acceptors (Lipinski definition) is 4. The van der Waals surface area contributed by atoms with Crippen molar-refractivity contribution >= 4 is 16.2 Å². The predicted molar refractivity (Wildman–Crippen MR) is 32.1 cm³/mol. The molecule has 0 aromatic carbocycles. The third-order valence-corrected chi connectivity index (χ3v) is 8.07. The van der Waals surface area contributed by atoms with Crippen LogP contribution in [0.5, 0.6) is 0 Å². The highest BCUT2D eigenvalue weighted by Crippen LogP contribution is 2.04. The maximum atomic E-state index is 8.61. The largest absolute Gasteiger partial charge is 0.410 e. The lowest BCUT2D eigenvalue weighted by molar-refractivity contribution is 0.325. The molecule has 0 aromatic heterocycles. The summed E-state index contributed by atoms with van der Waals surface area (Å²) < 4.78 is 0. The van der Waals surface area contributed by atoms with Crippen LogP contribution >= 0.6 is 0 Å². The second-order valence-corrected chi connectivity index (χ2v) is 11.8. The van der Waals surface area contributed by atoms with Gasteiger partial charge in [0.25, 0.3) is 0 Å². The molecule has 0 aromatic rings. The summed E-state index contributed by atoms with van der Waals surface area (Å²) in [4.78, 5) is 34.4. The first-order chi connectivity index (χ1) is 3.25. The molecule has 4 N–H and O–H groups in total. The Morgan fingerprint density at radius 3 is 0.875 bits per heavy atom. The molecule has 0 aliphatic carbocycles. The van der Waals surface area contributed by atoms with E-state index in [2.05, 4.69) is 0 Å². The summed E-state index contributed by atoms with van der Waals surface area (Å²) in [5, 5.41) is 0. The van der Waals surface area contributed by atoms with E-state index in [1.54, 1.807) is 0 Å². The van der Waals surface area contributed by atoms with Gasteiger partial charge in [-0.05, 0) is 13.1 Å². The Balaban J connectivity index is 4.02. The van der Waals surface area contributed by atoms with E-state index in [4.69, 9.17) is 19.2 Å². The smallest absolute Gasteiger partial charge is 0.375 e. The molecule has 0 bridgehead atoms. The average Bonchev–Trinajstić information content (AvgIpc) is 1.25. The summed E-state index contributed by atoms with van der Waals surface area (Å²) in [6, 6.07) is 0. The van der Waals surface area contributed by atoms with Crippen molar-refractivity contribution in [1.82, 2.24) is 0 Å². The molecule has 6 heteroatoms. The normalized spacial score (nSPS) is 14.2. The van der Waals surface area contributed by atoms with Crippen molar-refractivity contribution < 1.29 is 19.2 Å². The maximum Gasteiger partial charge on any atom is 0.375 e. The standard InChI is InChI=1S/C2H10O4Si2/c1-7(3,4)8(2,5)6/h3-6H,1-2H3. The van der Waals surface area contributed by atoms with Crippen LogP contribution in [0.1, 0.15) is 0 Å². The fraction of sp³-hybridized carbons (Fsp3) is 1.00. The number of hydrogen-bond donors (Lipinski definition) is 4. The predicted octanol–water partition coefficient (Wildman–Crippen LogP) is -1.82. The van der Waals surface area contributed by atoms with Gasteiger partial charge in [-0.15, -0.1) is 0 Å². The molecule has 0 rings (SSSR count). The molecule has 4 nitrogen and oxygen atoms in total. The van der Waals surface area contributed by atoms with Crippen molar-refractivity contribution in [3.8, 4) is 0 Å². The van der Waals surface area contributed by atoms with Crippen molar-refractivity contribution in [2.45, 2.75) is 13.1 Å². The van der Waals surface area contributed by atoms with Crippen molar-refractivity contribution in [3.63, 3.8) is 0 Å². The van der Waals surface area contributed by atoms with Crippen LogP contribution in [-0.4, -0.2) is 35.3 Å². The highest BCUT2D eigenvalue weighted by Gasteiger charge is 2.47. The molecule has 0 saturated carbocycles. The SMILES string of the molecule is C[Si](O)(O)[Si](C)(O)O. The van der Waals surface area contributed by atoms with Crippen LogP contribution in [0.4, 0.5) is 0 Å². The molecule has 0 spiro atoms. The molecule has 0 heterocycles. The summed E-state index contributed by atoms with van der Waals surface area (Å²) in [5.74, 6) is 0. The van der Waals surface area contributed by atoms with Crippen molar-refractivity contribution in [2.24, 2.45) is 0 Å². The zero-order valence-corrected chi connectivity index (χ0v) is 6.79. The zero-order chi connectivity index (χ0) is 7.00. The molecule has 0 aliphatic rings. The molecule has 0 radical (unpaired) electrons. The molecule has 0 saturated heterocycles. The fourth-order valence-corrected chi connectivity index (χ4v) is 0. The van der Waals surface area contributed by atoms with Gasteiger partial charge in [-0.2, -0.15) is 0 Å². The lowest BCUT2D eigenvalue weighted by Gasteiger charge is -2.20. The molecule has 0 amide bonds. The Morgan fingerprint density at radius 2 is 0.875 bits per heavy atom. The molecular weight excluding hydrogens is 144 g/mol. The summed E-state index contributed by atoms with van der Waals surface area (Å²) in [5.41, 5.74) is 0. The minimum absolute atomic E-state index is 1.08. The zero-order valence-electron chi connectivity index (χ0n) is 4.79.